The van der Waals surface area contributed by atoms with Gasteiger partial charge in [-0.1, -0.05) is 63.9 Å². The molecule has 6 heteroatoms. The maximum absolute atomic E-state index is 12.7. The van der Waals surface area contributed by atoms with Crippen molar-refractivity contribution < 1.29 is 4.79 Å². The van der Waals surface area contributed by atoms with E-state index in [1.807, 2.05) is 65.2 Å². The molecule has 0 aliphatic carbocycles. The van der Waals surface area contributed by atoms with Gasteiger partial charge in [0.05, 0.1) is 21.7 Å². The Labute approximate surface area is 169 Å². The summed E-state index contributed by atoms with van der Waals surface area (Å²) < 4.78 is 2.91. The highest BCUT2D eigenvalue weighted by Gasteiger charge is 2.15. The van der Waals surface area contributed by atoms with Gasteiger partial charge in [0.1, 0.15) is 12.4 Å². The van der Waals surface area contributed by atoms with Gasteiger partial charge in [-0.2, -0.15) is 0 Å². The molecule has 4 aromatic rings. The topological polar surface area (TPSA) is 46.9 Å². The molecule has 0 radical (unpaired) electrons. The number of aromatic nitrogens is 2. The smallest absolute Gasteiger partial charge is 0.244 e. The normalized spacial score (nSPS) is 10.9. The highest BCUT2D eigenvalue weighted by atomic mass is 79.9. The van der Waals surface area contributed by atoms with Crippen LogP contribution in [0.3, 0.4) is 0 Å². The third kappa shape index (κ3) is 3.75. The number of rotatable bonds is 4. The van der Waals surface area contributed by atoms with Crippen LogP contribution in [0.15, 0.2) is 77.3 Å². The third-order valence-corrected chi connectivity index (χ3v) is 5.06. The van der Waals surface area contributed by atoms with Gasteiger partial charge in [0, 0.05) is 10.0 Å². The number of benzene rings is 3. The lowest BCUT2D eigenvalue weighted by Gasteiger charge is -2.11. The van der Waals surface area contributed by atoms with E-state index in [0.29, 0.717) is 10.7 Å². The van der Waals surface area contributed by atoms with E-state index in [1.54, 1.807) is 12.1 Å². The van der Waals surface area contributed by atoms with Gasteiger partial charge in [0.25, 0.3) is 0 Å². The number of nitrogens with zero attached hydrogens (tertiary/aromatic N) is 2. The number of hydrogen-bond donors (Lipinski definition) is 1. The largest absolute Gasteiger partial charge is 0.323 e. The first-order valence-corrected chi connectivity index (χ1v) is 9.54. The fourth-order valence-electron chi connectivity index (χ4n) is 2.95. The van der Waals surface area contributed by atoms with E-state index < -0.39 is 0 Å². The lowest BCUT2D eigenvalue weighted by molar-refractivity contribution is -0.116. The predicted molar refractivity (Wildman–Crippen MR) is 113 cm³/mol. The number of halogens is 2. The minimum Gasteiger partial charge on any atom is -0.323 e. The van der Waals surface area contributed by atoms with Crippen LogP contribution < -0.4 is 5.32 Å². The summed E-state index contributed by atoms with van der Waals surface area (Å²) in [6.45, 7) is 0.136. The van der Waals surface area contributed by atoms with E-state index in [1.165, 1.54) is 0 Å². The number of amides is 1. The molecule has 0 aliphatic rings. The van der Waals surface area contributed by atoms with Crippen molar-refractivity contribution in [3.63, 3.8) is 0 Å². The maximum Gasteiger partial charge on any atom is 0.244 e. The Kier molecular flexibility index (Phi) is 4.97. The molecule has 0 atom stereocenters. The van der Waals surface area contributed by atoms with Gasteiger partial charge in [-0.05, 0) is 36.4 Å². The Morgan fingerprint density at radius 3 is 2.48 bits per heavy atom. The van der Waals surface area contributed by atoms with Gasteiger partial charge < -0.3 is 9.88 Å². The number of fused-ring (bicyclic) bond motifs is 1. The molecule has 0 fully saturated rings. The Hall–Kier alpha value is -2.63. The molecule has 3 aromatic carbocycles. The minimum atomic E-state index is -0.162. The average Bonchev–Trinajstić information content (AvgIpc) is 3.03. The highest BCUT2D eigenvalue weighted by molar-refractivity contribution is 9.10. The summed E-state index contributed by atoms with van der Waals surface area (Å²) in [6.07, 6.45) is 0. The molecule has 0 bridgehead atoms. The number of anilines is 1. The van der Waals surface area contributed by atoms with Crippen molar-refractivity contribution in [3.05, 3.63) is 82.3 Å². The van der Waals surface area contributed by atoms with Crippen molar-refractivity contribution in [2.24, 2.45) is 0 Å². The maximum atomic E-state index is 12.7. The number of carbonyl (C=O) groups excluding carboxylic acids is 1. The van der Waals surface area contributed by atoms with Crippen LogP contribution in [0.5, 0.6) is 0 Å². The number of nitrogens with one attached hydrogen (secondary N) is 1. The second-order valence-electron chi connectivity index (χ2n) is 6.05. The van der Waals surface area contributed by atoms with Crippen LogP contribution in [0.2, 0.25) is 5.02 Å². The summed E-state index contributed by atoms with van der Waals surface area (Å²) in [5.41, 5.74) is 3.30. The van der Waals surface area contributed by atoms with E-state index in [-0.39, 0.29) is 12.5 Å². The van der Waals surface area contributed by atoms with Gasteiger partial charge >= 0.3 is 0 Å². The Bertz CT molecular complexity index is 1120. The number of hydrogen-bond acceptors (Lipinski definition) is 2. The van der Waals surface area contributed by atoms with Gasteiger partial charge in [0.15, 0.2) is 0 Å². The second kappa shape index (κ2) is 7.55. The fraction of sp³-hybridized carbons (Fsp3) is 0.0476. The molecule has 4 rings (SSSR count). The zero-order valence-electron chi connectivity index (χ0n) is 14.2. The summed E-state index contributed by atoms with van der Waals surface area (Å²) in [7, 11) is 0. The predicted octanol–water partition coefficient (Wildman–Crippen LogP) is 5.76. The SMILES string of the molecule is O=C(Cn1c(-c2ccc(Br)cc2)nc2ccccc21)Nc1ccccc1Cl. The van der Waals surface area contributed by atoms with Crippen molar-refractivity contribution >= 4 is 50.2 Å². The van der Waals surface area contributed by atoms with Crippen molar-refractivity contribution in [1.82, 2.24) is 9.55 Å². The summed E-state index contributed by atoms with van der Waals surface area (Å²) >= 11 is 9.60. The second-order valence-corrected chi connectivity index (χ2v) is 7.37. The molecule has 1 aromatic heterocycles. The fourth-order valence-corrected chi connectivity index (χ4v) is 3.40. The molecule has 0 aliphatic heterocycles. The highest BCUT2D eigenvalue weighted by Crippen LogP contribution is 2.26. The van der Waals surface area contributed by atoms with Crippen molar-refractivity contribution in [2.45, 2.75) is 6.54 Å². The molecule has 1 heterocycles. The Balaban J connectivity index is 1.71. The van der Waals surface area contributed by atoms with Crippen LogP contribution in [0, 0.1) is 0 Å². The quantitative estimate of drug-likeness (QED) is 0.439. The van der Waals surface area contributed by atoms with Crippen LogP contribution in [-0.2, 0) is 11.3 Å². The van der Waals surface area contributed by atoms with Gasteiger partial charge in [-0.15, -0.1) is 0 Å². The molecule has 0 unspecified atom stereocenters. The summed E-state index contributed by atoms with van der Waals surface area (Å²) in [5.74, 6) is 0.586. The molecular weight excluding hydrogens is 426 g/mol. The van der Waals surface area contributed by atoms with E-state index in [2.05, 4.69) is 21.2 Å². The minimum absolute atomic E-state index is 0.136. The standard InChI is InChI=1S/C21H15BrClN3O/c22-15-11-9-14(10-12-15)21-25-18-7-3-4-8-19(18)26(21)13-20(27)24-17-6-2-1-5-16(17)23/h1-12H,13H2,(H,24,27). The van der Waals surface area contributed by atoms with E-state index >= 15 is 0 Å². The van der Waals surface area contributed by atoms with E-state index in [9.17, 15) is 4.79 Å². The molecule has 0 spiro atoms. The molecule has 27 heavy (non-hydrogen) atoms. The van der Waals surface area contributed by atoms with E-state index in [0.717, 1.165) is 26.9 Å². The van der Waals surface area contributed by atoms with Crippen LogP contribution in [-0.4, -0.2) is 15.5 Å². The first-order chi connectivity index (χ1) is 13.1. The Morgan fingerprint density at radius 1 is 1.00 bits per heavy atom. The van der Waals surface area contributed by atoms with Crippen molar-refractivity contribution in [3.8, 4) is 11.4 Å². The zero-order valence-corrected chi connectivity index (χ0v) is 16.5. The van der Waals surface area contributed by atoms with Gasteiger partial charge in [-0.3, -0.25) is 4.79 Å². The molecule has 134 valence electrons. The van der Waals surface area contributed by atoms with E-state index in [4.69, 9.17) is 16.6 Å². The Morgan fingerprint density at radius 2 is 1.70 bits per heavy atom. The number of carbonyl (C=O) groups is 1. The molecule has 4 nitrogen and oxygen atoms in total. The monoisotopic (exact) mass is 439 g/mol. The molecule has 1 N–H and O–H groups in total. The van der Waals surface area contributed by atoms with Crippen molar-refractivity contribution in [2.75, 3.05) is 5.32 Å². The van der Waals surface area contributed by atoms with Crippen LogP contribution >= 0.6 is 27.5 Å². The van der Waals surface area contributed by atoms with Crippen molar-refractivity contribution in [1.29, 1.82) is 0 Å². The number of imidazole rings is 1. The average molecular weight is 441 g/mol. The lowest BCUT2D eigenvalue weighted by Crippen LogP contribution is -2.19. The summed E-state index contributed by atoms with van der Waals surface area (Å²) in [4.78, 5) is 17.4. The zero-order chi connectivity index (χ0) is 18.8. The molecule has 0 saturated heterocycles. The lowest BCUT2D eigenvalue weighted by atomic mass is 10.2. The van der Waals surface area contributed by atoms with Gasteiger partial charge in [-0.25, -0.2) is 4.98 Å². The first-order valence-electron chi connectivity index (χ1n) is 8.37. The van der Waals surface area contributed by atoms with Gasteiger partial charge in [0.2, 0.25) is 5.91 Å². The summed E-state index contributed by atoms with van der Waals surface area (Å²) in [6, 6.07) is 22.9. The van der Waals surface area contributed by atoms with Crippen LogP contribution in [0.25, 0.3) is 22.4 Å². The molecule has 0 saturated carbocycles. The third-order valence-electron chi connectivity index (χ3n) is 4.21. The van der Waals surface area contributed by atoms with Crippen LogP contribution in [0.4, 0.5) is 5.69 Å². The molecular formula is C21H15BrClN3O. The first kappa shape index (κ1) is 17.8. The summed E-state index contributed by atoms with van der Waals surface area (Å²) in [5, 5.41) is 3.38. The van der Waals surface area contributed by atoms with Crippen LogP contribution in [0.1, 0.15) is 0 Å². The number of para-hydroxylation sites is 3. The molecule has 1 amide bonds.